The first-order chi connectivity index (χ1) is 15.4. The molecule has 0 unspecified atom stereocenters. The van der Waals surface area contributed by atoms with Crippen LogP contribution >= 0.6 is 0 Å². The lowest BCUT2D eigenvalue weighted by Gasteiger charge is -2.20. The molecule has 8 nitrogen and oxygen atoms in total. The molecule has 172 valence electrons. The number of benzene rings is 1. The summed E-state index contributed by atoms with van der Waals surface area (Å²) in [4.78, 5) is 23.9. The zero-order chi connectivity index (χ0) is 23.0. The molecule has 3 saturated carbocycles. The monoisotopic (exact) mass is 438 g/mol. The SMILES string of the molecule is C1CCCCC1.N#CC1(N(N)/C=C(\N)CNC(=O)c2ccc(NC(=O)C3CC3)cc2)CC1. The average Bonchev–Trinajstić information content (AvgIpc) is 3.73. The van der Waals surface area contributed by atoms with E-state index in [9.17, 15) is 9.59 Å². The van der Waals surface area contributed by atoms with Gasteiger partial charge in [0, 0.05) is 29.1 Å². The summed E-state index contributed by atoms with van der Waals surface area (Å²) in [6, 6.07) is 8.83. The largest absolute Gasteiger partial charge is 0.399 e. The highest BCUT2D eigenvalue weighted by atomic mass is 16.2. The molecular weight excluding hydrogens is 404 g/mol. The molecule has 0 saturated heterocycles. The molecule has 32 heavy (non-hydrogen) atoms. The maximum atomic E-state index is 12.2. The number of hydrogen-bond acceptors (Lipinski definition) is 6. The van der Waals surface area contributed by atoms with Gasteiger partial charge in [-0.2, -0.15) is 5.26 Å². The van der Waals surface area contributed by atoms with Gasteiger partial charge in [-0.3, -0.25) is 14.6 Å². The normalized spacial score (nSPS) is 18.9. The minimum absolute atomic E-state index is 0.0252. The van der Waals surface area contributed by atoms with Crippen molar-refractivity contribution in [3.05, 3.63) is 41.7 Å². The molecule has 6 N–H and O–H groups in total. The minimum Gasteiger partial charge on any atom is -0.399 e. The number of nitrogens with two attached hydrogens (primary N) is 2. The second-order valence-corrected chi connectivity index (χ2v) is 8.90. The number of rotatable bonds is 7. The topological polar surface area (TPSA) is 137 Å². The van der Waals surface area contributed by atoms with Crippen molar-refractivity contribution in [2.75, 3.05) is 11.9 Å². The number of nitriles is 1. The molecule has 2 amide bonds. The van der Waals surface area contributed by atoms with Crippen molar-refractivity contribution in [1.29, 1.82) is 5.26 Å². The Balaban J connectivity index is 0.000000416. The van der Waals surface area contributed by atoms with Gasteiger partial charge in [-0.1, -0.05) is 38.5 Å². The van der Waals surface area contributed by atoms with E-state index in [1.165, 1.54) is 49.7 Å². The van der Waals surface area contributed by atoms with Gasteiger partial charge < -0.3 is 16.4 Å². The zero-order valence-electron chi connectivity index (χ0n) is 18.6. The molecule has 0 aliphatic heterocycles. The summed E-state index contributed by atoms with van der Waals surface area (Å²) in [5, 5.41) is 15.9. The number of amides is 2. The summed E-state index contributed by atoms with van der Waals surface area (Å²) in [6.07, 6.45) is 13.8. The van der Waals surface area contributed by atoms with Crippen LogP contribution in [0.2, 0.25) is 0 Å². The Kier molecular flexibility index (Phi) is 8.12. The van der Waals surface area contributed by atoms with Crippen LogP contribution in [0.3, 0.4) is 0 Å². The van der Waals surface area contributed by atoms with Crippen molar-refractivity contribution in [3.8, 4) is 6.07 Å². The van der Waals surface area contributed by atoms with Crippen LogP contribution in [0, 0.1) is 17.2 Å². The maximum absolute atomic E-state index is 12.2. The average molecular weight is 439 g/mol. The van der Waals surface area contributed by atoms with Crippen LogP contribution in [0.5, 0.6) is 0 Å². The number of nitrogens with zero attached hydrogens (tertiary/aromatic N) is 2. The summed E-state index contributed by atoms with van der Waals surface area (Å²) in [6.45, 7) is 0.119. The predicted molar refractivity (Wildman–Crippen MR) is 124 cm³/mol. The standard InChI is InChI=1S/C18H22N6O2.C6H12/c19-11-18(7-8-18)24(21)10-14(20)9-22-16(25)12-3-5-15(6-4-12)23-17(26)13-1-2-13;1-2-4-6-5-3-1/h3-6,10,13H,1-2,7-9,20-21H2,(H,22,25)(H,23,26);1-6H2/b14-10-;. The Morgan fingerprint density at radius 3 is 2.12 bits per heavy atom. The molecule has 1 aromatic carbocycles. The van der Waals surface area contributed by atoms with Crippen LogP contribution in [0.15, 0.2) is 36.2 Å². The third-order valence-electron chi connectivity index (χ3n) is 6.05. The summed E-state index contributed by atoms with van der Waals surface area (Å²) in [7, 11) is 0. The smallest absolute Gasteiger partial charge is 0.251 e. The van der Waals surface area contributed by atoms with Crippen LogP contribution in [0.4, 0.5) is 5.69 Å². The maximum Gasteiger partial charge on any atom is 0.251 e. The Hall–Kier alpha value is -3.05. The first-order valence-electron chi connectivity index (χ1n) is 11.5. The van der Waals surface area contributed by atoms with Gasteiger partial charge in [-0.15, -0.1) is 0 Å². The van der Waals surface area contributed by atoms with E-state index in [0.29, 0.717) is 29.8 Å². The third-order valence-corrected chi connectivity index (χ3v) is 6.05. The first kappa shape index (κ1) is 23.6. The lowest BCUT2D eigenvalue weighted by molar-refractivity contribution is -0.117. The van der Waals surface area contributed by atoms with Crippen LogP contribution in [0.25, 0.3) is 0 Å². The van der Waals surface area contributed by atoms with Gasteiger partial charge in [0.05, 0.1) is 12.6 Å². The summed E-state index contributed by atoms with van der Waals surface area (Å²) in [5.74, 6) is 5.70. The Morgan fingerprint density at radius 1 is 1.09 bits per heavy atom. The second kappa shape index (κ2) is 11.0. The fraction of sp³-hybridized carbons (Fsp3) is 0.542. The van der Waals surface area contributed by atoms with Crippen LogP contribution in [-0.2, 0) is 4.79 Å². The van der Waals surface area contributed by atoms with Gasteiger partial charge in [0.25, 0.3) is 5.91 Å². The van der Waals surface area contributed by atoms with E-state index in [4.69, 9.17) is 16.8 Å². The van der Waals surface area contributed by atoms with E-state index in [2.05, 4.69) is 16.7 Å². The second-order valence-electron chi connectivity index (χ2n) is 8.90. The van der Waals surface area contributed by atoms with Crippen molar-refractivity contribution < 1.29 is 9.59 Å². The van der Waals surface area contributed by atoms with Crippen LogP contribution in [-0.4, -0.2) is 28.9 Å². The molecule has 0 bridgehead atoms. The molecule has 3 aliphatic carbocycles. The Morgan fingerprint density at radius 2 is 1.66 bits per heavy atom. The quantitative estimate of drug-likeness (QED) is 0.381. The zero-order valence-corrected chi connectivity index (χ0v) is 18.6. The first-order valence-corrected chi connectivity index (χ1v) is 11.5. The number of nitrogens with one attached hydrogen (secondary N) is 2. The number of carbonyl (C=O) groups excluding carboxylic acids is 2. The molecule has 0 atom stereocenters. The highest BCUT2D eigenvalue weighted by Gasteiger charge is 2.47. The fourth-order valence-electron chi connectivity index (χ4n) is 3.53. The van der Waals surface area contributed by atoms with E-state index in [1.54, 1.807) is 24.3 Å². The number of hydrogen-bond donors (Lipinski definition) is 4. The molecule has 0 heterocycles. The minimum atomic E-state index is -0.657. The fourth-order valence-corrected chi connectivity index (χ4v) is 3.53. The lowest BCUT2D eigenvalue weighted by atomic mass is 10.0. The lowest BCUT2D eigenvalue weighted by Crippen LogP contribution is -2.39. The van der Waals surface area contributed by atoms with Gasteiger partial charge in [0.1, 0.15) is 5.54 Å². The third kappa shape index (κ3) is 6.99. The van der Waals surface area contributed by atoms with E-state index < -0.39 is 5.54 Å². The van der Waals surface area contributed by atoms with Gasteiger partial charge in [0.2, 0.25) is 5.91 Å². The molecular formula is C24H34N6O2. The molecule has 1 aromatic rings. The van der Waals surface area contributed by atoms with Crippen molar-refractivity contribution >= 4 is 17.5 Å². The van der Waals surface area contributed by atoms with Gasteiger partial charge >= 0.3 is 0 Å². The van der Waals surface area contributed by atoms with Crippen molar-refractivity contribution in [3.63, 3.8) is 0 Å². The van der Waals surface area contributed by atoms with Gasteiger partial charge in [0.15, 0.2) is 0 Å². The van der Waals surface area contributed by atoms with Gasteiger partial charge in [-0.25, -0.2) is 5.84 Å². The van der Waals surface area contributed by atoms with Crippen molar-refractivity contribution in [1.82, 2.24) is 10.3 Å². The molecule has 8 heteroatoms. The Bertz CT molecular complexity index is 850. The molecule has 3 fully saturated rings. The summed E-state index contributed by atoms with van der Waals surface area (Å²) >= 11 is 0. The molecule has 3 aliphatic rings. The van der Waals surface area contributed by atoms with Crippen molar-refractivity contribution in [2.24, 2.45) is 17.5 Å². The van der Waals surface area contributed by atoms with Crippen LogP contribution < -0.4 is 22.2 Å². The van der Waals surface area contributed by atoms with E-state index in [-0.39, 0.29) is 24.3 Å². The highest BCUT2D eigenvalue weighted by molar-refractivity contribution is 5.96. The number of hydrazine groups is 1. The molecule has 0 radical (unpaired) electrons. The predicted octanol–water partition coefficient (Wildman–Crippen LogP) is 3.14. The van der Waals surface area contributed by atoms with E-state index >= 15 is 0 Å². The highest BCUT2D eigenvalue weighted by Crippen LogP contribution is 2.39. The summed E-state index contributed by atoms with van der Waals surface area (Å²) < 4.78 is 0. The number of anilines is 1. The van der Waals surface area contributed by atoms with Gasteiger partial charge in [-0.05, 0) is 49.9 Å². The molecule has 0 aromatic heterocycles. The molecule has 4 rings (SSSR count). The summed E-state index contributed by atoms with van der Waals surface area (Å²) in [5.41, 5.74) is 6.69. The van der Waals surface area contributed by atoms with E-state index in [1.807, 2.05) is 0 Å². The van der Waals surface area contributed by atoms with Crippen LogP contribution in [0.1, 0.15) is 74.6 Å². The Labute approximate surface area is 190 Å². The molecule has 0 spiro atoms. The number of carbonyl (C=O) groups is 2. The van der Waals surface area contributed by atoms with Crippen molar-refractivity contribution in [2.45, 2.75) is 69.7 Å². The van der Waals surface area contributed by atoms with E-state index in [0.717, 1.165) is 12.8 Å².